The van der Waals surface area contributed by atoms with Crippen LogP contribution in [0.2, 0.25) is 10.0 Å². The standard InChI is InChI=1S/C25H22Cl2F2O3S/c1-17(30)25(28,29)16-18-2-12-23(13-3-18)31-14-15-33-32-24(19-4-8-21(26)9-5-19)20-6-10-22(27)11-7-20/h2-13,24H,14-16H2,1H3. The molecule has 0 aliphatic carbocycles. The Morgan fingerprint density at radius 2 is 1.42 bits per heavy atom. The zero-order valence-electron chi connectivity index (χ0n) is 17.8. The summed E-state index contributed by atoms with van der Waals surface area (Å²) in [6.45, 7) is 1.25. The molecule has 0 aliphatic rings. The molecule has 3 aromatic rings. The molecule has 33 heavy (non-hydrogen) atoms. The molecule has 3 rings (SSSR count). The van der Waals surface area contributed by atoms with E-state index in [0.29, 0.717) is 33.7 Å². The van der Waals surface area contributed by atoms with Crippen LogP contribution in [-0.4, -0.2) is 24.1 Å². The number of alkyl halides is 2. The lowest BCUT2D eigenvalue weighted by Gasteiger charge is -2.18. The number of halogens is 4. The number of hydrogen-bond acceptors (Lipinski definition) is 4. The molecule has 0 amide bonds. The largest absolute Gasteiger partial charge is 0.493 e. The van der Waals surface area contributed by atoms with Gasteiger partial charge in [-0.2, -0.15) is 8.78 Å². The maximum atomic E-state index is 13.6. The number of rotatable bonds is 11. The summed E-state index contributed by atoms with van der Waals surface area (Å²) in [7, 11) is 0. The van der Waals surface area contributed by atoms with Gasteiger partial charge in [-0.25, -0.2) is 0 Å². The van der Waals surface area contributed by atoms with Crippen LogP contribution in [0.1, 0.15) is 29.7 Å². The minimum absolute atomic E-state index is 0.313. The first-order chi connectivity index (χ1) is 15.7. The first-order valence-corrected chi connectivity index (χ1v) is 11.8. The fraction of sp³-hybridized carbons (Fsp3) is 0.240. The predicted molar refractivity (Wildman–Crippen MR) is 130 cm³/mol. The highest BCUT2D eigenvalue weighted by Gasteiger charge is 2.34. The average Bonchev–Trinajstić information content (AvgIpc) is 2.79. The van der Waals surface area contributed by atoms with Gasteiger partial charge in [-0.3, -0.25) is 4.79 Å². The number of ether oxygens (including phenoxy) is 1. The second-order valence-electron chi connectivity index (χ2n) is 7.33. The number of carbonyl (C=O) groups is 1. The number of Topliss-reactive ketones (excluding diaryl/α,β-unsaturated/α-hetero) is 1. The van der Waals surface area contributed by atoms with Crippen LogP contribution >= 0.6 is 35.2 Å². The van der Waals surface area contributed by atoms with E-state index in [1.54, 1.807) is 12.1 Å². The molecule has 8 heteroatoms. The second kappa shape index (κ2) is 11.8. The van der Waals surface area contributed by atoms with E-state index in [2.05, 4.69) is 0 Å². The molecule has 3 aromatic carbocycles. The molecular formula is C25H22Cl2F2O3S. The van der Waals surface area contributed by atoms with Crippen LogP contribution in [0.25, 0.3) is 0 Å². The van der Waals surface area contributed by atoms with Gasteiger partial charge >= 0.3 is 5.92 Å². The van der Waals surface area contributed by atoms with Crippen LogP contribution in [0.4, 0.5) is 8.78 Å². The second-order valence-corrected chi connectivity index (χ2v) is 9.04. The first kappa shape index (κ1) is 25.5. The first-order valence-electron chi connectivity index (χ1n) is 10.1. The molecule has 0 spiro atoms. The summed E-state index contributed by atoms with van der Waals surface area (Å²) in [6.07, 6.45) is -0.935. The molecule has 0 atom stereocenters. The molecule has 0 bridgehead atoms. The summed E-state index contributed by atoms with van der Waals surface area (Å²) < 4.78 is 38.9. The topological polar surface area (TPSA) is 35.5 Å². The zero-order valence-corrected chi connectivity index (χ0v) is 20.1. The minimum Gasteiger partial charge on any atom is -0.493 e. The van der Waals surface area contributed by atoms with Crippen molar-refractivity contribution in [3.8, 4) is 5.75 Å². The van der Waals surface area contributed by atoms with Gasteiger partial charge in [0, 0.05) is 23.4 Å². The van der Waals surface area contributed by atoms with Crippen molar-refractivity contribution >= 4 is 41.0 Å². The molecule has 0 heterocycles. The highest BCUT2D eigenvalue weighted by molar-refractivity contribution is 7.94. The van der Waals surface area contributed by atoms with E-state index in [1.807, 2.05) is 48.5 Å². The molecule has 0 unspecified atom stereocenters. The van der Waals surface area contributed by atoms with E-state index in [1.165, 1.54) is 24.2 Å². The molecule has 174 valence electrons. The maximum absolute atomic E-state index is 13.6. The summed E-state index contributed by atoms with van der Waals surface area (Å²) >= 11 is 13.3. The monoisotopic (exact) mass is 510 g/mol. The molecular weight excluding hydrogens is 489 g/mol. The summed E-state index contributed by atoms with van der Waals surface area (Å²) in [4.78, 5) is 11.0. The molecule has 0 radical (unpaired) electrons. The van der Waals surface area contributed by atoms with Crippen molar-refractivity contribution in [1.29, 1.82) is 0 Å². The Bertz CT molecular complexity index is 997. The van der Waals surface area contributed by atoms with Crippen LogP contribution in [0.15, 0.2) is 72.8 Å². The van der Waals surface area contributed by atoms with E-state index in [9.17, 15) is 13.6 Å². The van der Waals surface area contributed by atoms with Gasteiger partial charge in [-0.1, -0.05) is 59.6 Å². The van der Waals surface area contributed by atoms with E-state index in [-0.39, 0.29) is 6.10 Å². The lowest BCUT2D eigenvalue weighted by molar-refractivity contribution is -0.140. The molecule has 0 aliphatic heterocycles. The van der Waals surface area contributed by atoms with Gasteiger partial charge in [-0.15, -0.1) is 0 Å². The van der Waals surface area contributed by atoms with Crippen molar-refractivity contribution in [1.82, 2.24) is 0 Å². The highest BCUT2D eigenvalue weighted by atomic mass is 35.5. The van der Waals surface area contributed by atoms with Crippen LogP contribution < -0.4 is 4.74 Å². The Labute approximate surface area is 206 Å². The van der Waals surface area contributed by atoms with Crippen molar-refractivity contribution in [3.63, 3.8) is 0 Å². The van der Waals surface area contributed by atoms with Gasteiger partial charge < -0.3 is 8.92 Å². The fourth-order valence-corrected chi connectivity index (χ4v) is 3.83. The van der Waals surface area contributed by atoms with Gasteiger partial charge in [0.05, 0.1) is 12.4 Å². The SMILES string of the molecule is CC(=O)C(F)(F)Cc1ccc(OCCSOC(c2ccc(Cl)cc2)c2ccc(Cl)cc2)cc1. The molecule has 0 aromatic heterocycles. The van der Waals surface area contributed by atoms with Crippen LogP contribution in [0.5, 0.6) is 5.75 Å². The Kier molecular flexibility index (Phi) is 9.15. The summed E-state index contributed by atoms with van der Waals surface area (Å²) in [6, 6.07) is 21.2. The number of benzene rings is 3. The molecule has 0 saturated carbocycles. The summed E-state index contributed by atoms with van der Waals surface area (Å²) in [5.41, 5.74) is 2.27. The summed E-state index contributed by atoms with van der Waals surface area (Å²) in [5.74, 6) is -3.41. The smallest absolute Gasteiger partial charge is 0.308 e. The van der Waals surface area contributed by atoms with E-state index < -0.39 is 18.1 Å². The van der Waals surface area contributed by atoms with Crippen molar-refractivity contribution in [3.05, 3.63) is 99.5 Å². The molecule has 3 nitrogen and oxygen atoms in total. The van der Waals surface area contributed by atoms with Crippen LogP contribution in [-0.2, 0) is 15.4 Å². The summed E-state index contributed by atoms with van der Waals surface area (Å²) in [5, 5.41) is 1.29. The molecule has 0 N–H and O–H groups in total. The van der Waals surface area contributed by atoms with Gasteiger partial charge in [0.1, 0.15) is 11.9 Å². The third-order valence-corrected chi connectivity index (χ3v) is 5.98. The van der Waals surface area contributed by atoms with E-state index in [0.717, 1.165) is 18.1 Å². The molecule has 0 saturated heterocycles. The fourth-order valence-electron chi connectivity index (χ4n) is 2.97. The van der Waals surface area contributed by atoms with E-state index in [4.69, 9.17) is 32.1 Å². The number of carbonyl (C=O) groups excluding carboxylic acids is 1. The Balaban J connectivity index is 1.52. The predicted octanol–water partition coefficient (Wildman–Crippen LogP) is 7.59. The Morgan fingerprint density at radius 1 is 0.909 bits per heavy atom. The number of hydrogen-bond donors (Lipinski definition) is 0. The van der Waals surface area contributed by atoms with E-state index >= 15 is 0 Å². The average molecular weight is 511 g/mol. The van der Waals surface area contributed by atoms with Crippen LogP contribution in [0, 0.1) is 0 Å². The van der Waals surface area contributed by atoms with Crippen molar-refractivity contribution in [2.45, 2.75) is 25.4 Å². The number of ketones is 1. The lowest BCUT2D eigenvalue weighted by Crippen LogP contribution is -2.28. The van der Waals surface area contributed by atoms with Crippen molar-refractivity contribution < 1.29 is 22.5 Å². The van der Waals surface area contributed by atoms with Gasteiger partial charge in [0.15, 0.2) is 5.78 Å². The third-order valence-electron chi connectivity index (χ3n) is 4.81. The Hall–Kier alpha value is -2.12. The Morgan fingerprint density at radius 3 is 1.91 bits per heavy atom. The minimum atomic E-state index is -3.36. The van der Waals surface area contributed by atoms with Gasteiger partial charge in [-0.05, 0) is 65.1 Å². The van der Waals surface area contributed by atoms with Gasteiger partial charge in [0.2, 0.25) is 0 Å². The highest BCUT2D eigenvalue weighted by Crippen LogP contribution is 2.31. The third kappa shape index (κ3) is 7.71. The van der Waals surface area contributed by atoms with Crippen molar-refractivity contribution in [2.75, 3.05) is 12.4 Å². The normalized spacial score (nSPS) is 11.6. The molecule has 0 fully saturated rings. The quantitative estimate of drug-likeness (QED) is 0.196. The maximum Gasteiger partial charge on any atom is 0.308 e. The lowest BCUT2D eigenvalue weighted by atomic mass is 10.0. The van der Waals surface area contributed by atoms with Crippen LogP contribution in [0.3, 0.4) is 0 Å². The van der Waals surface area contributed by atoms with Crippen molar-refractivity contribution in [2.24, 2.45) is 0 Å². The van der Waals surface area contributed by atoms with Gasteiger partial charge in [0.25, 0.3) is 0 Å². The zero-order chi connectivity index (χ0) is 23.8.